The summed E-state index contributed by atoms with van der Waals surface area (Å²) >= 11 is 7.16. The number of aryl methyl sites for hydroxylation is 1. The molecular formula is C18H15ClN2O7S. The number of esters is 2. The lowest BCUT2D eigenvalue weighted by Crippen LogP contribution is -2.18. The number of rotatable bonds is 5. The number of nitrogens with zero attached hydrogens (tertiary/aromatic N) is 1. The van der Waals surface area contributed by atoms with E-state index in [2.05, 4.69) is 5.32 Å². The number of benzene rings is 1. The predicted octanol–water partition coefficient (Wildman–Crippen LogP) is 3.55. The van der Waals surface area contributed by atoms with E-state index in [-0.39, 0.29) is 26.8 Å². The molecule has 1 aromatic heterocycles. The number of thiophene rings is 1. The second-order valence-electron chi connectivity index (χ2n) is 6.12. The van der Waals surface area contributed by atoms with Gasteiger partial charge in [0.05, 0.1) is 41.2 Å². The highest BCUT2D eigenvalue weighted by atomic mass is 35.5. The van der Waals surface area contributed by atoms with Crippen molar-refractivity contribution >= 4 is 51.5 Å². The van der Waals surface area contributed by atoms with Crippen molar-refractivity contribution in [3.05, 3.63) is 54.9 Å². The Kier molecular flexibility index (Phi) is 5.85. The minimum atomic E-state index is -0.724. The number of nitro groups is 1. The maximum Gasteiger partial charge on any atom is 0.341 e. The molecule has 1 aliphatic carbocycles. The lowest BCUT2D eigenvalue weighted by Gasteiger charge is -2.12. The molecule has 1 N–H and O–H groups in total. The molecule has 2 aromatic rings. The molecule has 0 aliphatic heterocycles. The van der Waals surface area contributed by atoms with Gasteiger partial charge in [0.1, 0.15) is 5.00 Å². The largest absolute Gasteiger partial charge is 0.469 e. The Balaban J connectivity index is 2.02. The molecular weight excluding hydrogens is 424 g/mol. The molecule has 1 aromatic carbocycles. The smallest absolute Gasteiger partial charge is 0.341 e. The van der Waals surface area contributed by atoms with Crippen molar-refractivity contribution in [1.29, 1.82) is 0 Å². The van der Waals surface area contributed by atoms with Crippen molar-refractivity contribution < 1.29 is 28.8 Å². The number of hydrogen-bond acceptors (Lipinski definition) is 8. The van der Waals surface area contributed by atoms with E-state index in [1.807, 2.05) is 0 Å². The molecule has 1 amide bonds. The monoisotopic (exact) mass is 438 g/mol. The molecule has 0 radical (unpaired) electrons. The Hall–Kier alpha value is -2.98. The van der Waals surface area contributed by atoms with Crippen LogP contribution >= 0.6 is 22.9 Å². The number of anilines is 1. The molecule has 0 spiro atoms. The van der Waals surface area contributed by atoms with Crippen LogP contribution in [0.15, 0.2) is 18.2 Å². The lowest BCUT2D eigenvalue weighted by molar-refractivity contribution is -0.384. The molecule has 1 aliphatic rings. The highest BCUT2D eigenvalue weighted by molar-refractivity contribution is 7.17. The van der Waals surface area contributed by atoms with Crippen molar-refractivity contribution in [2.45, 2.75) is 18.8 Å². The van der Waals surface area contributed by atoms with Gasteiger partial charge in [-0.15, -0.1) is 11.3 Å². The zero-order chi connectivity index (χ0) is 21.3. The van der Waals surface area contributed by atoms with Crippen molar-refractivity contribution in [2.75, 3.05) is 19.5 Å². The van der Waals surface area contributed by atoms with Crippen molar-refractivity contribution in [2.24, 2.45) is 0 Å². The van der Waals surface area contributed by atoms with Crippen LogP contribution in [0, 0.1) is 10.1 Å². The van der Waals surface area contributed by atoms with Gasteiger partial charge in [0, 0.05) is 17.0 Å². The fourth-order valence-corrected chi connectivity index (χ4v) is 4.67. The molecule has 0 saturated heterocycles. The zero-order valence-electron chi connectivity index (χ0n) is 15.3. The lowest BCUT2D eigenvalue weighted by atomic mass is 9.99. The summed E-state index contributed by atoms with van der Waals surface area (Å²) in [6, 6.07) is 3.48. The topological polar surface area (TPSA) is 125 Å². The van der Waals surface area contributed by atoms with Gasteiger partial charge in [-0.05, 0) is 24.5 Å². The Morgan fingerprint density at radius 1 is 1.28 bits per heavy atom. The summed E-state index contributed by atoms with van der Waals surface area (Å²) in [7, 11) is 2.45. The highest BCUT2D eigenvalue weighted by Crippen LogP contribution is 2.46. The average Bonchev–Trinajstić information content (AvgIpc) is 3.25. The third-order valence-corrected chi connectivity index (χ3v) is 6.05. The maximum atomic E-state index is 12.7. The number of ether oxygens (including phenoxy) is 2. The summed E-state index contributed by atoms with van der Waals surface area (Å²) in [5.74, 6) is -2.55. The molecule has 29 heavy (non-hydrogen) atoms. The Morgan fingerprint density at radius 3 is 2.62 bits per heavy atom. The minimum absolute atomic E-state index is 0.0178. The fourth-order valence-electron chi connectivity index (χ4n) is 3.21. The van der Waals surface area contributed by atoms with Crippen LogP contribution in [0.25, 0.3) is 0 Å². The van der Waals surface area contributed by atoms with Crippen LogP contribution in [0.1, 0.15) is 43.5 Å². The van der Waals surface area contributed by atoms with E-state index in [1.165, 1.54) is 26.4 Å². The number of nitro benzene ring substituents is 1. The van der Waals surface area contributed by atoms with E-state index < -0.39 is 28.7 Å². The standard InChI is InChI=1S/C18H15ClN2O7S/c1-27-17(23)9-4-6-12-13(9)14(18(24)28-2)16(29-12)20-15(22)10-7-8(21(25)26)3-5-11(10)19/h3,5,7,9H,4,6H2,1-2H3,(H,20,22)/t9-/m0/s1. The normalized spacial score (nSPS) is 14.8. The van der Waals surface area contributed by atoms with E-state index in [0.29, 0.717) is 18.4 Å². The van der Waals surface area contributed by atoms with Crippen LogP contribution in [0.2, 0.25) is 5.02 Å². The van der Waals surface area contributed by atoms with Crippen molar-refractivity contribution in [1.82, 2.24) is 0 Å². The van der Waals surface area contributed by atoms with Crippen molar-refractivity contribution in [3.8, 4) is 0 Å². The number of halogens is 1. The maximum absolute atomic E-state index is 12.7. The van der Waals surface area contributed by atoms with Crippen LogP contribution < -0.4 is 5.32 Å². The summed E-state index contributed by atoms with van der Waals surface area (Å²) in [6.45, 7) is 0. The zero-order valence-corrected chi connectivity index (χ0v) is 16.9. The number of amides is 1. The first-order valence-corrected chi connectivity index (χ1v) is 9.54. The third kappa shape index (κ3) is 3.81. The predicted molar refractivity (Wildman–Crippen MR) is 105 cm³/mol. The molecule has 11 heteroatoms. The number of hydrogen-bond donors (Lipinski definition) is 1. The van der Waals surface area contributed by atoms with Crippen LogP contribution in [0.3, 0.4) is 0 Å². The summed E-state index contributed by atoms with van der Waals surface area (Å²) in [5, 5.41) is 13.8. The van der Waals surface area contributed by atoms with Gasteiger partial charge in [-0.25, -0.2) is 4.79 Å². The van der Waals surface area contributed by atoms with Crippen LogP contribution in [-0.4, -0.2) is 37.0 Å². The van der Waals surface area contributed by atoms with Crippen LogP contribution in [0.5, 0.6) is 0 Å². The Morgan fingerprint density at radius 2 is 2.00 bits per heavy atom. The van der Waals surface area contributed by atoms with Gasteiger partial charge in [-0.1, -0.05) is 11.6 Å². The fraction of sp³-hybridized carbons (Fsp3) is 0.278. The molecule has 0 unspecified atom stereocenters. The first-order chi connectivity index (χ1) is 13.8. The molecule has 0 fully saturated rings. The minimum Gasteiger partial charge on any atom is -0.469 e. The van der Waals surface area contributed by atoms with Gasteiger partial charge in [0.2, 0.25) is 0 Å². The van der Waals surface area contributed by atoms with E-state index in [0.717, 1.165) is 22.3 Å². The number of non-ortho nitro benzene ring substituents is 1. The van der Waals surface area contributed by atoms with Crippen molar-refractivity contribution in [3.63, 3.8) is 0 Å². The molecule has 0 saturated carbocycles. The molecule has 0 bridgehead atoms. The molecule has 152 valence electrons. The summed E-state index contributed by atoms with van der Waals surface area (Å²) in [5.41, 5.74) is 0.145. The van der Waals surface area contributed by atoms with E-state index in [1.54, 1.807) is 0 Å². The van der Waals surface area contributed by atoms with Gasteiger partial charge in [0.25, 0.3) is 11.6 Å². The quantitative estimate of drug-likeness (QED) is 0.429. The number of methoxy groups -OCH3 is 2. The van der Waals surface area contributed by atoms with E-state index >= 15 is 0 Å². The Bertz CT molecular complexity index is 1030. The van der Waals surface area contributed by atoms with E-state index in [9.17, 15) is 24.5 Å². The molecule has 3 rings (SSSR count). The summed E-state index contributed by atoms with van der Waals surface area (Å²) in [4.78, 5) is 48.3. The second-order valence-corrected chi connectivity index (χ2v) is 7.64. The molecule has 1 atom stereocenters. The SMILES string of the molecule is COC(=O)c1c(NC(=O)c2cc([N+](=O)[O-])ccc2Cl)sc2c1[C@@H](C(=O)OC)CC2. The number of carbonyl (C=O) groups excluding carboxylic acids is 3. The summed E-state index contributed by atoms with van der Waals surface area (Å²) < 4.78 is 9.65. The van der Waals surface area contributed by atoms with E-state index in [4.69, 9.17) is 21.1 Å². The number of carbonyl (C=O) groups is 3. The van der Waals surface area contributed by atoms with Gasteiger partial charge in [-0.2, -0.15) is 0 Å². The third-order valence-electron chi connectivity index (χ3n) is 4.54. The molecule has 9 nitrogen and oxygen atoms in total. The van der Waals surface area contributed by atoms with Gasteiger partial charge < -0.3 is 14.8 Å². The highest BCUT2D eigenvalue weighted by Gasteiger charge is 2.38. The average molecular weight is 439 g/mol. The van der Waals surface area contributed by atoms with Gasteiger partial charge in [-0.3, -0.25) is 19.7 Å². The van der Waals surface area contributed by atoms with Gasteiger partial charge in [0.15, 0.2) is 0 Å². The van der Waals surface area contributed by atoms with Gasteiger partial charge >= 0.3 is 11.9 Å². The number of nitrogens with one attached hydrogen (secondary N) is 1. The second kappa shape index (κ2) is 8.18. The Labute approximate surface area is 173 Å². The van der Waals surface area contributed by atoms with Crippen LogP contribution in [0.4, 0.5) is 10.7 Å². The summed E-state index contributed by atoms with van der Waals surface area (Å²) in [6.07, 6.45) is 1.03. The number of fused-ring (bicyclic) bond motifs is 1. The first kappa shape index (κ1) is 20.7. The first-order valence-electron chi connectivity index (χ1n) is 8.35. The van der Waals surface area contributed by atoms with Crippen LogP contribution in [-0.2, 0) is 20.7 Å². The molecule has 1 heterocycles.